The highest BCUT2D eigenvalue weighted by atomic mass is 32.2. The van der Waals surface area contributed by atoms with Gasteiger partial charge in [-0.25, -0.2) is 12.8 Å². The Morgan fingerprint density at radius 2 is 2.16 bits per heavy atom. The Morgan fingerprint density at radius 3 is 2.74 bits per heavy atom. The standard InChI is InChI=1S/C11H15FN2O4S/c1-18-4-5-19(16,17)7-11(15)14-10-3-2-8(12)6-9(10)13/h2-3,6H,4-5,7,13H2,1H3,(H,14,15). The average Bonchev–Trinajstić information content (AvgIpc) is 2.29. The monoisotopic (exact) mass is 290 g/mol. The molecule has 3 N–H and O–H groups in total. The average molecular weight is 290 g/mol. The Balaban J connectivity index is 2.65. The highest BCUT2D eigenvalue weighted by molar-refractivity contribution is 7.92. The number of benzene rings is 1. The molecular formula is C11H15FN2O4S. The van der Waals surface area contributed by atoms with Crippen molar-refractivity contribution in [2.24, 2.45) is 0 Å². The molecule has 6 nitrogen and oxygen atoms in total. The number of halogens is 1. The maximum Gasteiger partial charge on any atom is 0.239 e. The number of nitrogen functional groups attached to an aromatic ring is 1. The normalized spacial score (nSPS) is 11.3. The third-order valence-corrected chi connectivity index (χ3v) is 3.73. The van der Waals surface area contributed by atoms with E-state index in [0.717, 1.165) is 12.1 Å². The van der Waals surface area contributed by atoms with Crippen LogP contribution in [0.15, 0.2) is 18.2 Å². The van der Waals surface area contributed by atoms with E-state index in [1.165, 1.54) is 13.2 Å². The Bertz CT molecular complexity index is 560. The van der Waals surface area contributed by atoms with Gasteiger partial charge in [-0.2, -0.15) is 0 Å². The molecule has 0 aliphatic heterocycles. The minimum atomic E-state index is -3.54. The van der Waals surface area contributed by atoms with Gasteiger partial charge in [0.1, 0.15) is 11.6 Å². The molecule has 0 aliphatic rings. The molecule has 19 heavy (non-hydrogen) atoms. The van der Waals surface area contributed by atoms with Crippen molar-refractivity contribution in [3.63, 3.8) is 0 Å². The van der Waals surface area contributed by atoms with E-state index in [2.05, 4.69) is 10.1 Å². The third kappa shape index (κ3) is 5.23. The van der Waals surface area contributed by atoms with Crippen LogP contribution in [0.4, 0.5) is 15.8 Å². The van der Waals surface area contributed by atoms with Crippen LogP contribution in [0.5, 0.6) is 0 Å². The molecule has 8 heteroatoms. The highest BCUT2D eigenvalue weighted by Gasteiger charge is 2.17. The lowest BCUT2D eigenvalue weighted by atomic mass is 10.2. The maximum atomic E-state index is 12.8. The Labute approximate surface area is 110 Å². The van der Waals surface area contributed by atoms with Crippen LogP contribution in [0.25, 0.3) is 0 Å². The fourth-order valence-corrected chi connectivity index (χ4v) is 2.35. The van der Waals surface area contributed by atoms with Gasteiger partial charge in [0, 0.05) is 7.11 Å². The molecule has 0 radical (unpaired) electrons. The fraction of sp³-hybridized carbons (Fsp3) is 0.364. The van der Waals surface area contributed by atoms with E-state index < -0.39 is 27.3 Å². The summed E-state index contributed by atoms with van der Waals surface area (Å²) in [4.78, 5) is 11.5. The van der Waals surface area contributed by atoms with Crippen LogP contribution in [-0.4, -0.2) is 39.5 Å². The molecule has 0 saturated carbocycles. The second-order valence-electron chi connectivity index (χ2n) is 3.86. The number of nitrogens with two attached hydrogens (primary N) is 1. The topological polar surface area (TPSA) is 98.5 Å². The molecule has 1 aromatic rings. The second kappa shape index (κ2) is 6.48. The van der Waals surface area contributed by atoms with Gasteiger partial charge in [-0.05, 0) is 18.2 Å². The summed E-state index contributed by atoms with van der Waals surface area (Å²) in [6, 6.07) is 3.42. The quantitative estimate of drug-likeness (QED) is 0.739. The summed E-state index contributed by atoms with van der Waals surface area (Å²) in [5.74, 6) is -2.18. The Kier molecular flexibility index (Phi) is 5.25. The number of hydrogen-bond donors (Lipinski definition) is 2. The molecule has 0 spiro atoms. The molecule has 0 bridgehead atoms. The number of carbonyl (C=O) groups is 1. The zero-order chi connectivity index (χ0) is 14.5. The van der Waals surface area contributed by atoms with E-state index in [1.54, 1.807) is 0 Å². The van der Waals surface area contributed by atoms with Crippen molar-refractivity contribution in [1.82, 2.24) is 0 Å². The van der Waals surface area contributed by atoms with Crippen molar-refractivity contribution < 1.29 is 22.3 Å². The van der Waals surface area contributed by atoms with Crippen molar-refractivity contribution in [3.8, 4) is 0 Å². The number of sulfone groups is 1. The van der Waals surface area contributed by atoms with Gasteiger partial charge >= 0.3 is 0 Å². The van der Waals surface area contributed by atoms with Crippen LogP contribution in [0, 0.1) is 5.82 Å². The summed E-state index contributed by atoms with van der Waals surface area (Å²) < 4.78 is 40.4. The van der Waals surface area contributed by atoms with Crippen molar-refractivity contribution in [3.05, 3.63) is 24.0 Å². The zero-order valence-corrected chi connectivity index (χ0v) is 11.2. The molecule has 0 saturated heterocycles. The van der Waals surface area contributed by atoms with Crippen LogP contribution in [0.1, 0.15) is 0 Å². The predicted molar refractivity (Wildman–Crippen MR) is 70.0 cm³/mol. The molecule has 1 rings (SSSR count). The number of carbonyl (C=O) groups excluding carboxylic acids is 1. The summed E-state index contributed by atoms with van der Waals surface area (Å²) in [5, 5.41) is 2.32. The number of ether oxygens (including phenoxy) is 1. The van der Waals surface area contributed by atoms with Gasteiger partial charge < -0.3 is 15.8 Å². The molecule has 106 valence electrons. The third-order valence-electron chi connectivity index (χ3n) is 2.24. The van der Waals surface area contributed by atoms with Crippen LogP contribution in [-0.2, 0) is 19.4 Å². The fourth-order valence-electron chi connectivity index (χ4n) is 1.32. The summed E-state index contributed by atoms with van der Waals surface area (Å²) in [6.45, 7) is 0.0221. The van der Waals surface area contributed by atoms with Crippen LogP contribution in [0.3, 0.4) is 0 Å². The van der Waals surface area contributed by atoms with Crippen molar-refractivity contribution in [2.75, 3.05) is 36.3 Å². The first kappa shape index (κ1) is 15.4. The molecule has 0 atom stereocenters. The maximum absolute atomic E-state index is 12.8. The second-order valence-corrected chi connectivity index (χ2v) is 6.05. The Hall–Kier alpha value is -1.67. The summed E-state index contributed by atoms with van der Waals surface area (Å²) >= 11 is 0. The molecule has 0 aromatic heterocycles. The van der Waals surface area contributed by atoms with Crippen molar-refractivity contribution in [1.29, 1.82) is 0 Å². The lowest BCUT2D eigenvalue weighted by molar-refractivity contribution is -0.113. The Morgan fingerprint density at radius 1 is 1.47 bits per heavy atom. The number of anilines is 2. The van der Waals surface area contributed by atoms with Crippen LogP contribution >= 0.6 is 0 Å². The first-order valence-corrected chi connectivity index (χ1v) is 7.20. The molecule has 1 amide bonds. The molecule has 0 heterocycles. The van der Waals surface area contributed by atoms with Gasteiger partial charge in [-0.3, -0.25) is 4.79 Å². The number of methoxy groups -OCH3 is 1. The number of amides is 1. The minimum Gasteiger partial charge on any atom is -0.397 e. The van der Waals surface area contributed by atoms with E-state index >= 15 is 0 Å². The molecule has 0 unspecified atom stereocenters. The van der Waals surface area contributed by atoms with E-state index in [4.69, 9.17) is 5.73 Å². The molecule has 0 fully saturated rings. The lowest BCUT2D eigenvalue weighted by Crippen LogP contribution is -2.26. The van der Waals surface area contributed by atoms with E-state index in [1.807, 2.05) is 0 Å². The smallest absolute Gasteiger partial charge is 0.239 e. The van der Waals surface area contributed by atoms with Gasteiger partial charge in [0.05, 0.1) is 23.7 Å². The van der Waals surface area contributed by atoms with Crippen LogP contribution < -0.4 is 11.1 Å². The minimum absolute atomic E-state index is 0.0221. The first-order chi connectivity index (χ1) is 8.84. The van der Waals surface area contributed by atoms with Gasteiger partial charge in [-0.1, -0.05) is 0 Å². The van der Waals surface area contributed by atoms with Gasteiger partial charge in [0.15, 0.2) is 9.84 Å². The van der Waals surface area contributed by atoms with Crippen molar-refractivity contribution >= 4 is 27.1 Å². The predicted octanol–water partition coefficient (Wildman–Crippen LogP) is 0.408. The number of nitrogens with one attached hydrogen (secondary N) is 1. The molecular weight excluding hydrogens is 275 g/mol. The van der Waals surface area contributed by atoms with Gasteiger partial charge in [0.25, 0.3) is 0 Å². The summed E-state index contributed by atoms with van der Waals surface area (Å²) in [7, 11) is -2.17. The van der Waals surface area contributed by atoms with Crippen molar-refractivity contribution in [2.45, 2.75) is 0 Å². The van der Waals surface area contributed by atoms with Gasteiger partial charge in [-0.15, -0.1) is 0 Å². The van der Waals surface area contributed by atoms with E-state index in [0.29, 0.717) is 0 Å². The molecule has 0 aliphatic carbocycles. The lowest BCUT2D eigenvalue weighted by Gasteiger charge is -2.08. The number of rotatable bonds is 6. The van der Waals surface area contributed by atoms with Crippen LogP contribution in [0.2, 0.25) is 0 Å². The highest BCUT2D eigenvalue weighted by Crippen LogP contribution is 2.18. The summed E-state index contributed by atoms with van der Waals surface area (Å²) in [6.07, 6.45) is 0. The first-order valence-electron chi connectivity index (χ1n) is 5.38. The summed E-state index contributed by atoms with van der Waals surface area (Å²) in [5.41, 5.74) is 5.69. The largest absolute Gasteiger partial charge is 0.397 e. The SMILES string of the molecule is COCCS(=O)(=O)CC(=O)Nc1ccc(F)cc1N. The number of hydrogen-bond acceptors (Lipinski definition) is 5. The van der Waals surface area contributed by atoms with Gasteiger partial charge in [0.2, 0.25) is 5.91 Å². The molecule has 1 aromatic carbocycles. The van der Waals surface area contributed by atoms with E-state index in [9.17, 15) is 17.6 Å². The van der Waals surface area contributed by atoms with E-state index in [-0.39, 0.29) is 23.7 Å². The zero-order valence-electron chi connectivity index (χ0n) is 10.3.